The zero-order valence-electron chi connectivity index (χ0n) is 7.32. The van der Waals surface area contributed by atoms with Gasteiger partial charge in [0.25, 0.3) is 0 Å². The van der Waals surface area contributed by atoms with Crippen LogP contribution in [0.1, 0.15) is 5.56 Å². The topological polar surface area (TPSA) is 70.0 Å². The van der Waals surface area contributed by atoms with Gasteiger partial charge >= 0.3 is 0 Å². The standard InChI is InChI=1S/C10H8N2OS/c11-4-3-6-1-2-7-8(12)5-14-10(7)9(6)13/h1-2,5,13H,3,12H2. The molecule has 0 aliphatic heterocycles. The first-order valence-corrected chi connectivity index (χ1v) is 4.96. The number of anilines is 1. The number of thiophene rings is 1. The van der Waals surface area contributed by atoms with E-state index in [9.17, 15) is 5.11 Å². The number of aromatic hydroxyl groups is 1. The van der Waals surface area contributed by atoms with Crippen LogP contribution >= 0.6 is 11.3 Å². The minimum Gasteiger partial charge on any atom is -0.506 e. The lowest BCUT2D eigenvalue weighted by Gasteiger charge is -2.01. The van der Waals surface area contributed by atoms with E-state index >= 15 is 0 Å². The summed E-state index contributed by atoms with van der Waals surface area (Å²) in [7, 11) is 0. The van der Waals surface area contributed by atoms with E-state index in [1.807, 2.05) is 12.1 Å². The highest BCUT2D eigenvalue weighted by atomic mass is 32.1. The number of hydrogen-bond acceptors (Lipinski definition) is 4. The molecule has 1 aromatic carbocycles. The third-order valence-electron chi connectivity index (χ3n) is 2.10. The molecule has 70 valence electrons. The summed E-state index contributed by atoms with van der Waals surface area (Å²) in [4.78, 5) is 0. The molecule has 0 saturated carbocycles. The summed E-state index contributed by atoms with van der Waals surface area (Å²) in [6.07, 6.45) is 0.222. The van der Waals surface area contributed by atoms with Crippen LogP contribution in [0, 0.1) is 11.3 Å². The molecule has 0 amide bonds. The molecular weight excluding hydrogens is 196 g/mol. The van der Waals surface area contributed by atoms with Crippen LogP contribution in [0.15, 0.2) is 17.5 Å². The van der Waals surface area contributed by atoms with Gasteiger partial charge in [-0.05, 0) is 0 Å². The molecule has 3 nitrogen and oxygen atoms in total. The van der Waals surface area contributed by atoms with Gasteiger partial charge in [0, 0.05) is 16.3 Å². The Kier molecular flexibility index (Phi) is 2.02. The fraction of sp³-hybridized carbons (Fsp3) is 0.100. The Morgan fingerprint density at radius 2 is 2.29 bits per heavy atom. The quantitative estimate of drug-likeness (QED) is 0.748. The Labute approximate surface area is 85.0 Å². The van der Waals surface area contributed by atoms with Gasteiger partial charge in [0.2, 0.25) is 0 Å². The van der Waals surface area contributed by atoms with Crippen LogP contribution in [0.3, 0.4) is 0 Å². The van der Waals surface area contributed by atoms with Crippen molar-refractivity contribution in [2.24, 2.45) is 0 Å². The summed E-state index contributed by atoms with van der Waals surface area (Å²) in [6, 6.07) is 5.59. The van der Waals surface area contributed by atoms with Crippen LogP contribution in [-0.4, -0.2) is 5.11 Å². The summed E-state index contributed by atoms with van der Waals surface area (Å²) >= 11 is 1.40. The second-order valence-electron chi connectivity index (χ2n) is 2.98. The number of nitrogens with zero attached hydrogens (tertiary/aromatic N) is 1. The molecule has 2 rings (SSSR count). The molecule has 4 heteroatoms. The Morgan fingerprint density at radius 1 is 1.50 bits per heavy atom. The zero-order chi connectivity index (χ0) is 10.1. The molecule has 0 saturated heterocycles. The van der Waals surface area contributed by atoms with Crippen LogP contribution in [0.2, 0.25) is 0 Å². The molecular formula is C10H8N2OS. The van der Waals surface area contributed by atoms with Gasteiger partial charge in [0.15, 0.2) is 0 Å². The predicted molar refractivity (Wildman–Crippen MR) is 57.2 cm³/mol. The lowest BCUT2D eigenvalue weighted by molar-refractivity contribution is 0.477. The first-order valence-electron chi connectivity index (χ1n) is 4.08. The fourth-order valence-electron chi connectivity index (χ4n) is 1.37. The maximum Gasteiger partial charge on any atom is 0.137 e. The Hall–Kier alpha value is -1.73. The molecule has 2 aromatic rings. The van der Waals surface area contributed by atoms with Crippen molar-refractivity contribution in [3.63, 3.8) is 0 Å². The van der Waals surface area contributed by atoms with Crippen molar-refractivity contribution in [3.05, 3.63) is 23.1 Å². The van der Waals surface area contributed by atoms with Gasteiger partial charge in [-0.3, -0.25) is 0 Å². The van der Waals surface area contributed by atoms with Gasteiger partial charge in [-0.15, -0.1) is 11.3 Å². The van der Waals surface area contributed by atoms with Crippen LogP contribution in [0.4, 0.5) is 5.69 Å². The third-order valence-corrected chi connectivity index (χ3v) is 3.12. The maximum atomic E-state index is 9.80. The van der Waals surface area contributed by atoms with Crippen molar-refractivity contribution < 1.29 is 5.11 Å². The van der Waals surface area contributed by atoms with Crippen LogP contribution in [0.5, 0.6) is 5.75 Å². The molecule has 0 fully saturated rings. The smallest absolute Gasteiger partial charge is 0.137 e. The first-order chi connectivity index (χ1) is 6.74. The second-order valence-corrected chi connectivity index (χ2v) is 3.86. The lowest BCUT2D eigenvalue weighted by atomic mass is 10.1. The van der Waals surface area contributed by atoms with E-state index < -0.39 is 0 Å². The molecule has 14 heavy (non-hydrogen) atoms. The highest BCUT2D eigenvalue weighted by Gasteiger charge is 2.09. The van der Waals surface area contributed by atoms with Crippen LogP contribution in [0.25, 0.3) is 10.1 Å². The summed E-state index contributed by atoms with van der Waals surface area (Å²) in [6.45, 7) is 0. The molecule has 0 spiro atoms. The monoisotopic (exact) mass is 204 g/mol. The number of phenolic OH excluding ortho intramolecular Hbond substituents is 1. The number of nitriles is 1. The fourth-order valence-corrected chi connectivity index (χ4v) is 2.30. The number of nitrogens with two attached hydrogens (primary N) is 1. The van der Waals surface area contributed by atoms with E-state index in [1.54, 1.807) is 11.4 Å². The zero-order valence-corrected chi connectivity index (χ0v) is 8.14. The van der Waals surface area contributed by atoms with E-state index in [0.29, 0.717) is 11.3 Å². The average molecular weight is 204 g/mol. The number of phenols is 1. The Balaban J connectivity index is 2.71. The molecule has 1 aromatic heterocycles. The average Bonchev–Trinajstić information content (AvgIpc) is 2.54. The molecule has 0 aliphatic carbocycles. The van der Waals surface area contributed by atoms with E-state index in [2.05, 4.69) is 0 Å². The van der Waals surface area contributed by atoms with Crippen LogP contribution < -0.4 is 5.73 Å². The SMILES string of the molecule is N#CCc1ccc2c(N)csc2c1O. The van der Waals surface area contributed by atoms with Gasteiger partial charge in [0.1, 0.15) is 5.75 Å². The Morgan fingerprint density at radius 3 is 3.00 bits per heavy atom. The number of fused-ring (bicyclic) bond motifs is 1. The number of nitrogen functional groups attached to an aromatic ring is 1. The number of rotatable bonds is 1. The van der Waals surface area contributed by atoms with Crippen molar-refractivity contribution in [3.8, 4) is 11.8 Å². The number of benzene rings is 1. The van der Waals surface area contributed by atoms with Crippen molar-refractivity contribution >= 4 is 27.1 Å². The van der Waals surface area contributed by atoms with Gasteiger partial charge in [-0.1, -0.05) is 12.1 Å². The highest BCUT2D eigenvalue weighted by molar-refractivity contribution is 7.18. The lowest BCUT2D eigenvalue weighted by Crippen LogP contribution is -1.84. The van der Waals surface area contributed by atoms with Gasteiger partial charge in [-0.25, -0.2) is 0 Å². The van der Waals surface area contributed by atoms with E-state index in [4.69, 9.17) is 11.0 Å². The minimum absolute atomic E-state index is 0.186. The summed E-state index contributed by atoms with van der Waals surface area (Å²) < 4.78 is 0.759. The first kappa shape index (κ1) is 8.85. The maximum absolute atomic E-state index is 9.80. The minimum atomic E-state index is 0.186. The summed E-state index contributed by atoms with van der Waals surface area (Å²) in [5, 5.41) is 21.0. The summed E-state index contributed by atoms with van der Waals surface area (Å²) in [5.74, 6) is 0.186. The van der Waals surface area contributed by atoms with Crippen molar-refractivity contribution in [1.82, 2.24) is 0 Å². The third kappa shape index (κ3) is 1.19. The Bertz CT molecular complexity index is 525. The highest BCUT2D eigenvalue weighted by Crippen LogP contribution is 2.36. The normalized spacial score (nSPS) is 10.2. The van der Waals surface area contributed by atoms with Crippen LogP contribution in [-0.2, 0) is 6.42 Å². The molecule has 0 aliphatic rings. The van der Waals surface area contributed by atoms with Gasteiger partial charge in [0.05, 0.1) is 22.9 Å². The van der Waals surface area contributed by atoms with E-state index in [1.165, 1.54) is 11.3 Å². The molecule has 0 bridgehead atoms. The second kappa shape index (κ2) is 3.20. The largest absolute Gasteiger partial charge is 0.506 e. The van der Waals surface area contributed by atoms with Gasteiger partial charge < -0.3 is 10.8 Å². The molecule has 1 heterocycles. The molecule has 0 atom stereocenters. The number of hydrogen-bond donors (Lipinski definition) is 2. The molecule has 3 N–H and O–H groups in total. The van der Waals surface area contributed by atoms with E-state index in [-0.39, 0.29) is 12.2 Å². The van der Waals surface area contributed by atoms with Crippen molar-refractivity contribution in [2.75, 3.05) is 5.73 Å². The van der Waals surface area contributed by atoms with Gasteiger partial charge in [-0.2, -0.15) is 5.26 Å². The molecule has 0 radical (unpaired) electrons. The van der Waals surface area contributed by atoms with Crippen molar-refractivity contribution in [2.45, 2.75) is 6.42 Å². The summed E-state index contributed by atoms with van der Waals surface area (Å²) in [5.41, 5.74) is 7.03. The van der Waals surface area contributed by atoms with Crippen molar-refractivity contribution in [1.29, 1.82) is 5.26 Å². The van der Waals surface area contributed by atoms with E-state index in [0.717, 1.165) is 10.1 Å². The molecule has 0 unspecified atom stereocenters. The predicted octanol–water partition coefficient (Wildman–Crippen LogP) is 2.26.